The zero-order valence-corrected chi connectivity index (χ0v) is 19.2. The average Bonchev–Trinajstić information content (AvgIpc) is 3.07. The summed E-state index contributed by atoms with van der Waals surface area (Å²) >= 11 is 0. The number of carbonyl (C=O) groups excluding carboxylic acids is 2. The summed E-state index contributed by atoms with van der Waals surface area (Å²) in [4.78, 5) is 36.9. The Kier molecular flexibility index (Phi) is 6.27. The molecule has 4 heterocycles. The van der Waals surface area contributed by atoms with Crippen LogP contribution in [0.15, 0.2) is 6.07 Å². The van der Waals surface area contributed by atoms with Gasteiger partial charge in [-0.3, -0.25) is 19.2 Å². The van der Waals surface area contributed by atoms with Crippen molar-refractivity contribution in [2.75, 3.05) is 45.8 Å². The first kappa shape index (κ1) is 21.7. The van der Waals surface area contributed by atoms with Gasteiger partial charge in [0.2, 0.25) is 5.91 Å². The van der Waals surface area contributed by atoms with E-state index >= 15 is 0 Å². The number of amides is 2. The summed E-state index contributed by atoms with van der Waals surface area (Å²) in [6.07, 6.45) is 3.45. The van der Waals surface area contributed by atoms with Crippen LogP contribution in [0.1, 0.15) is 60.8 Å². The molecule has 0 atom stereocenters. The van der Waals surface area contributed by atoms with Crippen LogP contribution in [0.2, 0.25) is 0 Å². The molecule has 0 aliphatic carbocycles. The lowest BCUT2D eigenvalue weighted by molar-refractivity contribution is -0.133. The summed E-state index contributed by atoms with van der Waals surface area (Å²) in [6.45, 7) is 11.0. The molecule has 0 aromatic carbocycles. The van der Waals surface area contributed by atoms with E-state index < -0.39 is 0 Å². The molecule has 2 aromatic heterocycles. The van der Waals surface area contributed by atoms with Crippen LogP contribution >= 0.6 is 0 Å². The number of fused-ring (bicyclic) bond motifs is 1. The highest BCUT2D eigenvalue weighted by atomic mass is 16.2. The van der Waals surface area contributed by atoms with Gasteiger partial charge in [0.15, 0.2) is 5.65 Å². The molecule has 0 N–H and O–H groups in total. The van der Waals surface area contributed by atoms with E-state index in [4.69, 9.17) is 4.98 Å². The fourth-order valence-corrected chi connectivity index (χ4v) is 4.64. The van der Waals surface area contributed by atoms with Crippen LogP contribution in [0.5, 0.6) is 0 Å². The van der Waals surface area contributed by atoms with E-state index in [0.29, 0.717) is 25.2 Å². The number of piperazine rings is 1. The molecule has 2 aromatic rings. The normalized spacial score (nSPS) is 18.2. The van der Waals surface area contributed by atoms with Gasteiger partial charge in [-0.25, -0.2) is 4.98 Å². The highest BCUT2D eigenvalue weighted by molar-refractivity contribution is 6.06. The number of likely N-dealkylation sites (tertiary alicyclic amines) is 1. The van der Waals surface area contributed by atoms with E-state index in [9.17, 15) is 9.59 Å². The summed E-state index contributed by atoms with van der Waals surface area (Å²) in [5.74, 6) is 0.485. The molecule has 2 saturated heterocycles. The zero-order valence-electron chi connectivity index (χ0n) is 19.2. The van der Waals surface area contributed by atoms with E-state index in [-0.39, 0.29) is 17.7 Å². The fraction of sp³-hybridized carbons (Fsp3) is 0.652. The van der Waals surface area contributed by atoms with Gasteiger partial charge in [-0.05, 0) is 38.2 Å². The standard InChI is InChI=1S/C23H34N6O2/c1-16(2)19-14-18(21-17(3)25-26(4)22(21)24-19)23(31)29-12-10-27(11-13-29)15-20(30)28-8-6-5-7-9-28/h14,16H,5-13,15H2,1-4H3. The molecule has 0 saturated carbocycles. The number of hydrogen-bond acceptors (Lipinski definition) is 5. The third-order valence-corrected chi connectivity index (χ3v) is 6.54. The summed E-state index contributed by atoms with van der Waals surface area (Å²) in [5, 5.41) is 5.35. The Morgan fingerprint density at radius 2 is 1.68 bits per heavy atom. The second-order valence-corrected chi connectivity index (χ2v) is 9.17. The van der Waals surface area contributed by atoms with E-state index in [0.717, 1.165) is 61.4 Å². The first-order valence-corrected chi connectivity index (χ1v) is 11.5. The molecule has 8 heteroatoms. The molecule has 0 radical (unpaired) electrons. The molecule has 2 aliphatic rings. The number of pyridine rings is 1. The molecular weight excluding hydrogens is 392 g/mol. The molecule has 4 rings (SSSR count). The Bertz CT molecular complexity index is 968. The first-order chi connectivity index (χ1) is 14.8. The molecule has 2 fully saturated rings. The lowest BCUT2D eigenvalue weighted by atomic mass is 10.0. The monoisotopic (exact) mass is 426 g/mol. The second kappa shape index (κ2) is 8.94. The van der Waals surface area contributed by atoms with Crippen LogP contribution in [0.3, 0.4) is 0 Å². The maximum absolute atomic E-state index is 13.5. The summed E-state index contributed by atoms with van der Waals surface area (Å²) < 4.78 is 1.76. The number of carbonyl (C=O) groups is 2. The lowest BCUT2D eigenvalue weighted by Crippen LogP contribution is -2.52. The van der Waals surface area contributed by atoms with Gasteiger partial charge < -0.3 is 9.80 Å². The van der Waals surface area contributed by atoms with Gasteiger partial charge in [-0.2, -0.15) is 5.10 Å². The topological polar surface area (TPSA) is 74.6 Å². The predicted molar refractivity (Wildman–Crippen MR) is 120 cm³/mol. The summed E-state index contributed by atoms with van der Waals surface area (Å²) in [7, 11) is 1.87. The molecule has 2 amide bonds. The van der Waals surface area contributed by atoms with Crippen LogP contribution < -0.4 is 0 Å². The first-order valence-electron chi connectivity index (χ1n) is 11.5. The van der Waals surface area contributed by atoms with Crippen LogP contribution in [-0.2, 0) is 11.8 Å². The third kappa shape index (κ3) is 4.44. The lowest BCUT2D eigenvalue weighted by Gasteiger charge is -2.36. The van der Waals surface area contributed by atoms with Gasteiger partial charge >= 0.3 is 0 Å². The number of rotatable bonds is 4. The van der Waals surface area contributed by atoms with Crippen molar-refractivity contribution in [3.63, 3.8) is 0 Å². The van der Waals surface area contributed by atoms with E-state index in [1.807, 2.05) is 29.8 Å². The van der Waals surface area contributed by atoms with Crippen molar-refractivity contribution in [2.45, 2.75) is 46.0 Å². The van der Waals surface area contributed by atoms with Crippen molar-refractivity contribution in [3.05, 3.63) is 23.0 Å². The number of hydrogen-bond donors (Lipinski definition) is 0. The minimum absolute atomic E-state index is 0.0346. The van der Waals surface area contributed by atoms with Crippen LogP contribution in [0.25, 0.3) is 11.0 Å². The van der Waals surface area contributed by atoms with Gasteiger partial charge in [0.25, 0.3) is 5.91 Å². The van der Waals surface area contributed by atoms with Crippen molar-refractivity contribution in [2.24, 2.45) is 7.05 Å². The highest BCUT2D eigenvalue weighted by Crippen LogP contribution is 2.26. The SMILES string of the molecule is Cc1nn(C)c2nc(C(C)C)cc(C(=O)N3CCN(CC(=O)N4CCCCC4)CC3)c12. The minimum Gasteiger partial charge on any atom is -0.342 e. The zero-order chi connectivity index (χ0) is 22.1. The number of nitrogens with zero attached hydrogens (tertiary/aromatic N) is 6. The number of piperidine rings is 1. The summed E-state index contributed by atoms with van der Waals surface area (Å²) in [6, 6.07) is 1.94. The van der Waals surface area contributed by atoms with Crippen molar-refractivity contribution in [1.82, 2.24) is 29.5 Å². The Labute approximate surface area is 184 Å². The average molecular weight is 427 g/mol. The largest absolute Gasteiger partial charge is 0.342 e. The Hall–Kier alpha value is -2.48. The van der Waals surface area contributed by atoms with Crippen molar-refractivity contribution in [1.29, 1.82) is 0 Å². The molecule has 0 unspecified atom stereocenters. The molecule has 8 nitrogen and oxygen atoms in total. The smallest absolute Gasteiger partial charge is 0.254 e. The number of aryl methyl sites for hydroxylation is 2. The van der Waals surface area contributed by atoms with Gasteiger partial charge in [0, 0.05) is 52.0 Å². The van der Waals surface area contributed by atoms with Gasteiger partial charge in [-0.15, -0.1) is 0 Å². The van der Waals surface area contributed by atoms with Gasteiger partial charge in [-0.1, -0.05) is 13.8 Å². The molecule has 168 valence electrons. The third-order valence-electron chi connectivity index (χ3n) is 6.54. The molecule has 0 spiro atoms. The van der Waals surface area contributed by atoms with Crippen LogP contribution in [-0.4, -0.2) is 87.1 Å². The molecule has 31 heavy (non-hydrogen) atoms. The number of aromatic nitrogens is 3. The Morgan fingerprint density at radius 1 is 1.00 bits per heavy atom. The fourth-order valence-electron chi connectivity index (χ4n) is 4.64. The van der Waals surface area contributed by atoms with E-state index in [2.05, 4.69) is 23.8 Å². The maximum Gasteiger partial charge on any atom is 0.254 e. The van der Waals surface area contributed by atoms with E-state index in [1.165, 1.54) is 6.42 Å². The maximum atomic E-state index is 13.5. The quantitative estimate of drug-likeness (QED) is 0.749. The highest BCUT2D eigenvalue weighted by Gasteiger charge is 2.28. The molecule has 0 bridgehead atoms. The Balaban J connectivity index is 1.46. The summed E-state index contributed by atoms with van der Waals surface area (Å²) in [5.41, 5.74) is 3.19. The predicted octanol–water partition coefficient (Wildman–Crippen LogP) is 2.17. The van der Waals surface area contributed by atoms with Gasteiger partial charge in [0.05, 0.1) is 23.2 Å². The molecule has 2 aliphatic heterocycles. The van der Waals surface area contributed by atoms with Crippen molar-refractivity contribution < 1.29 is 9.59 Å². The van der Waals surface area contributed by atoms with Crippen molar-refractivity contribution >= 4 is 22.8 Å². The van der Waals surface area contributed by atoms with Crippen LogP contribution in [0.4, 0.5) is 0 Å². The Morgan fingerprint density at radius 3 is 2.32 bits per heavy atom. The minimum atomic E-state index is 0.0346. The van der Waals surface area contributed by atoms with E-state index in [1.54, 1.807) is 4.68 Å². The second-order valence-electron chi connectivity index (χ2n) is 9.17. The van der Waals surface area contributed by atoms with Gasteiger partial charge in [0.1, 0.15) is 0 Å². The van der Waals surface area contributed by atoms with Crippen LogP contribution in [0, 0.1) is 6.92 Å². The van der Waals surface area contributed by atoms with Crippen molar-refractivity contribution in [3.8, 4) is 0 Å². The molecular formula is C23H34N6O2.